The second-order valence-electron chi connectivity index (χ2n) is 6.22. The van der Waals surface area contributed by atoms with E-state index in [2.05, 4.69) is 4.72 Å². The summed E-state index contributed by atoms with van der Waals surface area (Å²) in [6.45, 7) is 7.26. The first kappa shape index (κ1) is 19.1. The van der Waals surface area contributed by atoms with Gasteiger partial charge in [-0.1, -0.05) is 17.7 Å². The highest BCUT2D eigenvalue weighted by atomic mass is 32.2. The molecule has 8 heteroatoms. The predicted molar refractivity (Wildman–Crippen MR) is 87.7 cm³/mol. The lowest BCUT2D eigenvalue weighted by Crippen LogP contribution is -2.48. The molecule has 0 saturated heterocycles. The molecule has 0 aliphatic rings. The van der Waals surface area contributed by atoms with Crippen LogP contribution in [-0.2, 0) is 20.0 Å². The van der Waals surface area contributed by atoms with Crippen LogP contribution < -0.4 is 4.72 Å². The molecule has 1 aromatic carbocycles. The number of nitrogens with one attached hydrogen (secondary N) is 1. The Kier molecular flexibility index (Phi) is 5.77. The second-order valence-corrected chi connectivity index (χ2v) is 9.89. The standard InChI is InChI=1S/C14H24N2O4S2/c1-12-6-8-13(9-7-12)22(19,20)15-10-11-16(14(2,3)4)21(5,17)18/h6-9,15H,10-11H2,1-5H3. The Labute approximate surface area is 133 Å². The minimum atomic E-state index is -3.64. The first-order chi connectivity index (χ1) is 9.84. The lowest BCUT2D eigenvalue weighted by molar-refractivity contribution is 0.254. The molecule has 0 bridgehead atoms. The average Bonchev–Trinajstić information content (AvgIpc) is 2.32. The molecule has 0 atom stereocenters. The summed E-state index contributed by atoms with van der Waals surface area (Å²) < 4.78 is 51.6. The lowest BCUT2D eigenvalue weighted by Gasteiger charge is -2.33. The van der Waals surface area contributed by atoms with Crippen LogP contribution in [0, 0.1) is 6.92 Å². The van der Waals surface area contributed by atoms with E-state index in [1.165, 1.54) is 16.4 Å². The third kappa shape index (κ3) is 5.35. The summed E-state index contributed by atoms with van der Waals surface area (Å²) in [6.07, 6.45) is 1.12. The normalized spacial score (nSPS) is 13.5. The maximum atomic E-state index is 12.1. The number of nitrogens with zero attached hydrogens (tertiary/aromatic N) is 1. The maximum absolute atomic E-state index is 12.1. The van der Waals surface area contributed by atoms with Gasteiger partial charge in [0.05, 0.1) is 11.2 Å². The molecular formula is C14H24N2O4S2. The van der Waals surface area contributed by atoms with E-state index >= 15 is 0 Å². The number of benzene rings is 1. The highest BCUT2D eigenvalue weighted by molar-refractivity contribution is 7.89. The van der Waals surface area contributed by atoms with Crippen LogP contribution >= 0.6 is 0 Å². The summed E-state index contributed by atoms with van der Waals surface area (Å²) in [5.41, 5.74) is 0.359. The van der Waals surface area contributed by atoms with Gasteiger partial charge in [0.2, 0.25) is 20.0 Å². The van der Waals surface area contributed by atoms with Crippen LogP contribution in [0.4, 0.5) is 0 Å². The van der Waals surface area contributed by atoms with E-state index in [0.29, 0.717) is 0 Å². The van der Waals surface area contributed by atoms with Crippen LogP contribution in [0.25, 0.3) is 0 Å². The Balaban J connectivity index is 2.79. The second kappa shape index (κ2) is 6.66. The molecule has 1 aromatic rings. The summed E-state index contributed by atoms with van der Waals surface area (Å²) in [5, 5.41) is 0. The van der Waals surface area contributed by atoms with Crippen molar-refractivity contribution < 1.29 is 16.8 Å². The molecule has 6 nitrogen and oxygen atoms in total. The van der Waals surface area contributed by atoms with Gasteiger partial charge in [0.25, 0.3) is 0 Å². The fraction of sp³-hybridized carbons (Fsp3) is 0.571. The first-order valence-corrected chi connectivity index (χ1v) is 10.2. The van der Waals surface area contributed by atoms with Crippen molar-refractivity contribution in [2.75, 3.05) is 19.3 Å². The van der Waals surface area contributed by atoms with Gasteiger partial charge in [0, 0.05) is 18.6 Å². The van der Waals surface area contributed by atoms with Crippen molar-refractivity contribution >= 4 is 20.0 Å². The van der Waals surface area contributed by atoms with Crippen LogP contribution in [0.1, 0.15) is 26.3 Å². The number of hydrogen-bond donors (Lipinski definition) is 1. The molecule has 22 heavy (non-hydrogen) atoms. The minimum Gasteiger partial charge on any atom is -0.212 e. The Bertz CT molecular complexity index is 702. The number of sulfonamides is 2. The van der Waals surface area contributed by atoms with Crippen molar-refractivity contribution in [3.05, 3.63) is 29.8 Å². The van der Waals surface area contributed by atoms with Gasteiger partial charge >= 0.3 is 0 Å². The Morgan fingerprint density at radius 1 is 1.05 bits per heavy atom. The Morgan fingerprint density at radius 2 is 1.55 bits per heavy atom. The molecule has 126 valence electrons. The topological polar surface area (TPSA) is 83.6 Å². The molecule has 1 N–H and O–H groups in total. The van der Waals surface area contributed by atoms with E-state index < -0.39 is 25.6 Å². The van der Waals surface area contributed by atoms with Gasteiger partial charge in [0.1, 0.15) is 0 Å². The van der Waals surface area contributed by atoms with Gasteiger partial charge in [0.15, 0.2) is 0 Å². The van der Waals surface area contributed by atoms with E-state index in [1.54, 1.807) is 32.9 Å². The zero-order chi connectivity index (χ0) is 17.2. The molecule has 0 aliphatic carbocycles. The smallest absolute Gasteiger partial charge is 0.212 e. The average molecular weight is 348 g/mol. The van der Waals surface area contributed by atoms with Crippen molar-refractivity contribution in [3.8, 4) is 0 Å². The molecule has 0 unspecified atom stereocenters. The fourth-order valence-corrected chi connectivity index (χ4v) is 4.52. The summed E-state index contributed by atoms with van der Waals surface area (Å²) in [7, 11) is -7.05. The number of rotatable bonds is 6. The van der Waals surface area contributed by atoms with Crippen LogP contribution in [0.15, 0.2) is 29.2 Å². The van der Waals surface area contributed by atoms with Gasteiger partial charge in [-0.3, -0.25) is 0 Å². The lowest BCUT2D eigenvalue weighted by atomic mass is 10.1. The molecule has 0 fully saturated rings. The quantitative estimate of drug-likeness (QED) is 0.841. The molecule has 0 saturated carbocycles. The first-order valence-electron chi connectivity index (χ1n) is 6.88. The van der Waals surface area contributed by atoms with E-state index in [-0.39, 0.29) is 18.0 Å². The van der Waals surface area contributed by atoms with Gasteiger partial charge in [-0.2, -0.15) is 4.31 Å². The summed E-state index contributed by atoms with van der Waals surface area (Å²) in [5.74, 6) is 0. The van der Waals surface area contributed by atoms with E-state index in [0.717, 1.165) is 11.8 Å². The monoisotopic (exact) mass is 348 g/mol. The maximum Gasteiger partial charge on any atom is 0.240 e. The third-order valence-electron chi connectivity index (χ3n) is 3.09. The molecule has 0 radical (unpaired) electrons. The zero-order valence-corrected chi connectivity index (χ0v) is 15.3. The van der Waals surface area contributed by atoms with Gasteiger partial charge in [-0.05, 0) is 39.8 Å². The van der Waals surface area contributed by atoms with E-state index in [1.807, 2.05) is 6.92 Å². The van der Waals surface area contributed by atoms with Crippen molar-refractivity contribution in [2.24, 2.45) is 0 Å². The van der Waals surface area contributed by atoms with E-state index in [4.69, 9.17) is 0 Å². The van der Waals surface area contributed by atoms with Crippen molar-refractivity contribution in [1.82, 2.24) is 9.03 Å². The minimum absolute atomic E-state index is 0.0144. The van der Waals surface area contributed by atoms with Crippen LogP contribution in [-0.4, -0.2) is 46.0 Å². The molecule has 0 aliphatic heterocycles. The Hall–Kier alpha value is -0.960. The highest BCUT2D eigenvalue weighted by Gasteiger charge is 2.29. The van der Waals surface area contributed by atoms with Gasteiger partial charge in [-0.15, -0.1) is 0 Å². The number of hydrogen-bond acceptors (Lipinski definition) is 4. The zero-order valence-electron chi connectivity index (χ0n) is 13.6. The van der Waals surface area contributed by atoms with E-state index in [9.17, 15) is 16.8 Å². The third-order valence-corrected chi connectivity index (χ3v) is 6.09. The summed E-state index contributed by atoms with van der Waals surface area (Å²) in [6, 6.07) is 6.48. The highest BCUT2D eigenvalue weighted by Crippen LogP contribution is 2.16. The largest absolute Gasteiger partial charge is 0.240 e. The van der Waals surface area contributed by atoms with Gasteiger partial charge in [-0.25, -0.2) is 21.6 Å². The molecule has 0 spiro atoms. The summed E-state index contributed by atoms with van der Waals surface area (Å²) in [4.78, 5) is 0.166. The molecule has 0 heterocycles. The molecular weight excluding hydrogens is 324 g/mol. The van der Waals surface area contributed by atoms with Crippen LogP contribution in [0.3, 0.4) is 0 Å². The summed E-state index contributed by atoms with van der Waals surface area (Å²) >= 11 is 0. The fourth-order valence-electron chi connectivity index (χ4n) is 2.08. The predicted octanol–water partition coefficient (Wildman–Crippen LogP) is 1.33. The van der Waals surface area contributed by atoms with Crippen molar-refractivity contribution in [2.45, 2.75) is 38.1 Å². The van der Waals surface area contributed by atoms with Crippen LogP contribution in [0.2, 0.25) is 0 Å². The Morgan fingerprint density at radius 3 is 1.95 bits per heavy atom. The van der Waals surface area contributed by atoms with Gasteiger partial charge < -0.3 is 0 Å². The van der Waals surface area contributed by atoms with Crippen molar-refractivity contribution in [1.29, 1.82) is 0 Å². The molecule has 0 aromatic heterocycles. The van der Waals surface area contributed by atoms with Crippen LogP contribution in [0.5, 0.6) is 0 Å². The molecule has 1 rings (SSSR count). The number of aryl methyl sites for hydroxylation is 1. The molecule has 0 amide bonds. The van der Waals surface area contributed by atoms with Crippen molar-refractivity contribution in [3.63, 3.8) is 0 Å². The SMILES string of the molecule is Cc1ccc(S(=O)(=O)NCCN(C(C)(C)C)S(C)(=O)=O)cc1.